The second-order valence-corrected chi connectivity index (χ2v) is 9.54. The van der Waals surface area contributed by atoms with Gasteiger partial charge in [0.1, 0.15) is 11.6 Å². The molecule has 2 N–H and O–H groups in total. The molecule has 1 aliphatic rings. The van der Waals surface area contributed by atoms with E-state index in [1.54, 1.807) is 40.3 Å². The summed E-state index contributed by atoms with van der Waals surface area (Å²) in [6.45, 7) is 1.38. The number of nitrogens with one attached hydrogen (secondary N) is 1. The number of para-hydroxylation sites is 1. The number of nitrogens with zero attached hydrogens (tertiary/aromatic N) is 4. The van der Waals surface area contributed by atoms with Crippen molar-refractivity contribution in [2.45, 2.75) is 18.9 Å². The van der Waals surface area contributed by atoms with Crippen molar-refractivity contribution in [1.82, 2.24) is 19.5 Å². The first kappa shape index (κ1) is 21.7. The molecule has 0 atom stereocenters. The Bertz CT molecular complexity index is 1310. The van der Waals surface area contributed by atoms with Gasteiger partial charge in [-0.1, -0.05) is 12.1 Å². The predicted molar refractivity (Wildman–Crippen MR) is 134 cm³/mol. The number of aromatic hydroxyl groups is 1. The fourth-order valence-electron chi connectivity index (χ4n) is 3.96. The zero-order valence-electron chi connectivity index (χ0n) is 17.7. The minimum atomic E-state index is 0.0452. The van der Waals surface area contributed by atoms with Gasteiger partial charge in [0.2, 0.25) is 5.91 Å². The lowest BCUT2D eigenvalue weighted by molar-refractivity contribution is -0.126. The van der Waals surface area contributed by atoms with E-state index in [1.165, 1.54) is 0 Å². The Hall–Kier alpha value is -3.17. The Labute approximate surface area is 203 Å². The highest BCUT2D eigenvalue weighted by Crippen LogP contribution is 2.31. The third-order valence-electron chi connectivity index (χ3n) is 5.73. The SMILES string of the molecule is O=C(/C=C/c1ccsc1)N1CCC(Nc2cc(-c3ccccc3O)nc3c(Br)cnn23)CC1. The van der Waals surface area contributed by atoms with Gasteiger partial charge >= 0.3 is 0 Å². The average molecular weight is 524 g/mol. The van der Waals surface area contributed by atoms with Crippen molar-refractivity contribution in [3.63, 3.8) is 0 Å². The number of amides is 1. The van der Waals surface area contributed by atoms with Crippen LogP contribution in [0.25, 0.3) is 23.0 Å². The second-order valence-electron chi connectivity index (χ2n) is 7.91. The number of piperidine rings is 1. The molecule has 0 radical (unpaired) electrons. The molecule has 0 bridgehead atoms. The summed E-state index contributed by atoms with van der Waals surface area (Å²) in [5, 5.41) is 22.4. The van der Waals surface area contributed by atoms with Gasteiger partial charge in [0.15, 0.2) is 5.65 Å². The zero-order valence-corrected chi connectivity index (χ0v) is 20.1. The molecule has 5 rings (SSSR count). The lowest BCUT2D eigenvalue weighted by Gasteiger charge is -2.32. The molecule has 1 saturated heterocycles. The summed E-state index contributed by atoms with van der Waals surface area (Å²) in [5.41, 5.74) is 3.05. The number of phenolic OH excluding ortho intramolecular Hbond substituents is 1. The first-order valence-corrected chi connectivity index (χ1v) is 12.4. The largest absolute Gasteiger partial charge is 0.507 e. The van der Waals surface area contributed by atoms with Crippen molar-refractivity contribution >= 4 is 50.7 Å². The normalized spacial score (nSPS) is 14.9. The molecule has 7 nitrogen and oxygen atoms in total. The number of benzene rings is 1. The molecule has 9 heteroatoms. The molecule has 0 spiro atoms. The van der Waals surface area contributed by atoms with Crippen molar-refractivity contribution in [1.29, 1.82) is 0 Å². The Balaban J connectivity index is 1.32. The third kappa shape index (κ3) is 4.65. The molecular weight excluding hydrogens is 502 g/mol. The van der Waals surface area contributed by atoms with Crippen molar-refractivity contribution in [3.05, 3.63) is 69.5 Å². The van der Waals surface area contributed by atoms with E-state index in [4.69, 9.17) is 4.98 Å². The summed E-state index contributed by atoms with van der Waals surface area (Å²) in [6, 6.07) is 11.3. The Morgan fingerprint density at radius 1 is 1.24 bits per heavy atom. The van der Waals surface area contributed by atoms with Gasteiger partial charge in [0, 0.05) is 36.8 Å². The molecule has 1 fully saturated rings. The molecule has 3 aromatic heterocycles. The highest BCUT2D eigenvalue weighted by Gasteiger charge is 2.23. The summed E-state index contributed by atoms with van der Waals surface area (Å²) in [5.74, 6) is 1.02. The lowest BCUT2D eigenvalue weighted by atomic mass is 10.0. The quantitative estimate of drug-likeness (QED) is 0.358. The van der Waals surface area contributed by atoms with Crippen LogP contribution in [-0.4, -0.2) is 49.6 Å². The van der Waals surface area contributed by atoms with Gasteiger partial charge in [0.25, 0.3) is 0 Å². The monoisotopic (exact) mass is 523 g/mol. The van der Waals surface area contributed by atoms with Crippen LogP contribution >= 0.6 is 27.3 Å². The molecule has 0 aliphatic carbocycles. The highest BCUT2D eigenvalue weighted by atomic mass is 79.9. The van der Waals surface area contributed by atoms with Crippen LogP contribution in [0.4, 0.5) is 5.82 Å². The zero-order chi connectivity index (χ0) is 22.8. The van der Waals surface area contributed by atoms with E-state index in [0.717, 1.165) is 28.7 Å². The van der Waals surface area contributed by atoms with Crippen molar-refractivity contribution < 1.29 is 9.90 Å². The fraction of sp³-hybridized carbons (Fsp3) is 0.208. The molecule has 4 aromatic rings. The van der Waals surface area contributed by atoms with Crippen LogP contribution in [0.2, 0.25) is 0 Å². The molecule has 0 unspecified atom stereocenters. The first-order chi connectivity index (χ1) is 16.1. The standard InChI is InChI=1S/C24H22BrN5O2S/c25-19-14-26-30-22(13-20(28-24(19)30)18-3-1-2-4-21(18)31)27-17-7-10-29(11-8-17)23(32)6-5-16-9-12-33-15-16/h1-6,9,12-15,17,27,31H,7-8,10-11H2/b6-5+. The fourth-order valence-corrected chi connectivity index (χ4v) is 4.94. The summed E-state index contributed by atoms with van der Waals surface area (Å²) in [7, 11) is 0. The molecule has 33 heavy (non-hydrogen) atoms. The second kappa shape index (κ2) is 9.36. The maximum Gasteiger partial charge on any atom is 0.246 e. The van der Waals surface area contributed by atoms with Crippen LogP contribution in [-0.2, 0) is 4.79 Å². The van der Waals surface area contributed by atoms with Crippen LogP contribution in [0.5, 0.6) is 5.75 Å². The van der Waals surface area contributed by atoms with E-state index in [0.29, 0.717) is 30.0 Å². The average Bonchev–Trinajstić information content (AvgIpc) is 3.48. The first-order valence-electron chi connectivity index (χ1n) is 10.7. The summed E-state index contributed by atoms with van der Waals surface area (Å²) in [6.07, 6.45) is 6.89. The molecular formula is C24H22BrN5O2S. The van der Waals surface area contributed by atoms with Gasteiger partial charge in [-0.25, -0.2) is 4.98 Å². The number of thiophene rings is 1. The van der Waals surface area contributed by atoms with Gasteiger partial charge < -0.3 is 15.3 Å². The summed E-state index contributed by atoms with van der Waals surface area (Å²) < 4.78 is 2.54. The van der Waals surface area contributed by atoms with E-state index in [2.05, 4.69) is 26.3 Å². The number of likely N-dealkylation sites (tertiary alicyclic amines) is 1. The number of fused-ring (bicyclic) bond motifs is 1. The van der Waals surface area contributed by atoms with Crippen LogP contribution in [0, 0.1) is 0 Å². The molecule has 1 aliphatic heterocycles. The number of aromatic nitrogens is 3. The number of carbonyl (C=O) groups is 1. The Kier molecular flexibility index (Phi) is 6.15. The summed E-state index contributed by atoms with van der Waals surface area (Å²) >= 11 is 5.14. The number of carbonyl (C=O) groups excluding carboxylic acids is 1. The maximum absolute atomic E-state index is 12.5. The molecule has 0 saturated carbocycles. The minimum absolute atomic E-state index is 0.0452. The van der Waals surface area contributed by atoms with E-state index < -0.39 is 0 Å². The van der Waals surface area contributed by atoms with Gasteiger partial charge in [-0.15, -0.1) is 0 Å². The minimum Gasteiger partial charge on any atom is -0.507 e. The smallest absolute Gasteiger partial charge is 0.246 e. The number of rotatable bonds is 5. The van der Waals surface area contributed by atoms with Gasteiger partial charge in [0.05, 0.1) is 16.4 Å². The number of anilines is 1. The molecule has 4 heterocycles. The number of halogens is 1. The molecule has 1 amide bonds. The third-order valence-corrected chi connectivity index (χ3v) is 6.99. The molecule has 168 valence electrons. The van der Waals surface area contributed by atoms with Crippen LogP contribution in [0.15, 0.2) is 63.9 Å². The number of hydrogen-bond acceptors (Lipinski definition) is 6. The lowest BCUT2D eigenvalue weighted by Crippen LogP contribution is -2.42. The van der Waals surface area contributed by atoms with E-state index in [1.807, 2.05) is 46.0 Å². The van der Waals surface area contributed by atoms with Gasteiger partial charge in [-0.2, -0.15) is 21.0 Å². The van der Waals surface area contributed by atoms with Crippen LogP contribution in [0.3, 0.4) is 0 Å². The van der Waals surface area contributed by atoms with Crippen molar-refractivity contribution in [3.8, 4) is 17.0 Å². The molecule has 1 aromatic carbocycles. The van der Waals surface area contributed by atoms with Gasteiger partial charge in [-0.3, -0.25) is 4.79 Å². The topological polar surface area (TPSA) is 82.8 Å². The van der Waals surface area contributed by atoms with E-state index in [9.17, 15) is 9.90 Å². The predicted octanol–water partition coefficient (Wildman–Crippen LogP) is 5.04. The Morgan fingerprint density at radius 2 is 2.06 bits per heavy atom. The Morgan fingerprint density at radius 3 is 2.82 bits per heavy atom. The highest BCUT2D eigenvalue weighted by molar-refractivity contribution is 9.10. The number of phenols is 1. The van der Waals surface area contributed by atoms with Crippen molar-refractivity contribution in [2.75, 3.05) is 18.4 Å². The van der Waals surface area contributed by atoms with Crippen LogP contribution in [0.1, 0.15) is 18.4 Å². The van der Waals surface area contributed by atoms with Crippen molar-refractivity contribution in [2.24, 2.45) is 0 Å². The van der Waals surface area contributed by atoms with Gasteiger partial charge in [-0.05, 0) is 69.4 Å². The van der Waals surface area contributed by atoms with E-state index >= 15 is 0 Å². The van der Waals surface area contributed by atoms with Crippen LogP contribution < -0.4 is 5.32 Å². The number of hydrogen-bond donors (Lipinski definition) is 2. The van der Waals surface area contributed by atoms with E-state index in [-0.39, 0.29) is 17.7 Å². The summed E-state index contributed by atoms with van der Waals surface area (Å²) in [4.78, 5) is 19.1. The maximum atomic E-state index is 12.5.